The molecule has 0 unspecified atom stereocenters. The first-order chi connectivity index (χ1) is 9.71. The Balaban J connectivity index is 2.46. The molecule has 20 heavy (non-hydrogen) atoms. The molecule has 0 aliphatic heterocycles. The van der Waals surface area contributed by atoms with E-state index in [1.807, 2.05) is 31.2 Å². The number of nitrogens with two attached hydrogens (primary N) is 1. The Bertz CT molecular complexity index is 641. The van der Waals surface area contributed by atoms with Gasteiger partial charge in [0.25, 0.3) is 0 Å². The summed E-state index contributed by atoms with van der Waals surface area (Å²) in [5.74, 6) is 1.54. The Morgan fingerprint density at radius 1 is 1.50 bits per heavy atom. The number of nitrogen functional groups attached to an aromatic ring is 1. The van der Waals surface area contributed by atoms with Crippen molar-refractivity contribution in [2.45, 2.75) is 13.3 Å². The third-order valence-electron chi connectivity index (χ3n) is 2.87. The molecule has 1 aromatic carbocycles. The fourth-order valence-electron chi connectivity index (χ4n) is 1.85. The summed E-state index contributed by atoms with van der Waals surface area (Å²) in [6.07, 6.45) is 0.941. The average Bonchev–Trinajstić information content (AvgIpc) is 2.81. The van der Waals surface area contributed by atoms with Crippen molar-refractivity contribution in [3.8, 4) is 17.5 Å². The van der Waals surface area contributed by atoms with E-state index in [9.17, 15) is 5.26 Å². The smallest absolute Gasteiger partial charge is 0.168 e. The number of benzene rings is 1. The van der Waals surface area contributed by atoms with Gasteiger partial charge in [0, 0.05) is 12.6 Å². The lowest BCUT2D eigenvalue weighted by Gasteiger charge is -2.06. The largest absolute Gasteiger partial charge is 0.497 e. The van der Waals surface area contributed by atoms with Gasteiger partial charge in [-0.05, 0) is 18.6 Å². The fraction of sp³-hybridized carbons (Fsp3) is 0.286. The number of hydrogen-bond acceptors (Lipinski definition) is 5. The van der Waals surface area contributed by atoms with E-state index in [2.05, 4.69) is 16.5 Å². The molecule has 6 heteroatoms. The standard InChI is InChI=1S/C14H17N5O/c1-3-7-17-14-12(9-15)13(16)19(18-14)10-5-4-6-11(8-10)20-2/h4-6,8H,3,7,16H2,1-2H3,(H,17,18). The van der Waals surface area contributed by atoms with E-state index < -0.39 is 0 Å². The molecule has 104 valence electrons. The van der Waals surface area contributed by atoms with Crippen LogP contribution in [0.4, 0.5) is 11.6 Å². The highest BCUT2D eigenvalue weighted by molar-refractivity contribution is 5.66. The Hall–Kier alpha value is -2.68. The van der Waals surface area contributed by atoms with Gasteiger partial charge in [0.15, 0.2) is 5.82 Å². The third-order valence-corrected chi connectivity index (χ3v) is 2.87. The zero-order valence-electron chi connectivity index (χ0n) is 11.6. The minimum absolute atomic E-state index is 0.319. The van der Waals surface area contributed by atoms with Crippen LogP contribution in [0.5, 0.6) is 5.75 Å². The molecule has 0 saturated heterocycles. The SMILES string of the molecule is CCCNc1nn(-c2cccc(OC)c2)c(N)c1C#N. The van der Waals surface area contributed by atoms with Crippen LogP contribution in [0.2, 0.25) is 0 Å². The van der Waals surface area contributed by atoms with Crippen molar-refractivity contribution < 1.29 is 4.74 Å². The number of nitriles is 1. The van der Waals surface area contributed by atoms with Gasteiger partial charge in [-0.25, -0.2) is 4.68 Å². The molecule has 0 atom stereocenters. The lowest BCUT2D eigenvalue weighted by atomic mass is 10.3. The molecule has 0 saturated carbocycles. The first-order valence-corrected chi connectivity index (χ1v) is 6.38. The quantitative estimate of drug-likeness (QED) is 0.869. The number of nitrogens with zero attached hydrogens (tertiary/aromatic N) is 3. The van der Waals surface area contributed by atoms with Gasteiger partial charge in [0.1, 0.15) is 23.2 Å². The Morgan fingerprint density at radius 3 is 2.95 bits per heavy atom. The minimum atomic E-state index is 0.319. The zero-order valence-corrected chi connectivity index (χ0v) is 11.6. The molecule has 2 rings (SSSR count). The van der Waals surface area contributed by atoms with E-state index >= 15 is 0 Å². The monoisotopic (exact) mass is 271 g/mol. The fourth-order valence-corrected chi connectivity index (χ4v) is 1.85. The Kier molecular flexibility index (Phi) is 4.11. The number of rotatable bonds is 5. The normalized spacial score (nSPS) is 10.1. The van der Waals surface area contributed by atoms with Gasteiger partial charge in [-0.15, -0.1) is 5.10 Å². The predicted octanol–water partition coefficient (Wildman–Crippen LogP) is 2.16. The second kappa shape index (κ2) is 5.97. The van der Waals surface area contributed by atoms with Crippen LogP contribution in [0.15, 0.2) is 24.3 Å². The van der Waals surface area contributed by atoms with Crippen molar-refractivity contribution in [3.63, 3.8) is 0 Å². The summed E-state index contributed by atoms with van der Waals surface area (Å²) in [6.45, 7) is 2.78. The maximum atomic E-state index is 9.21. The van der Waals surface area contributed by atoms with Crippen LogP contribution in [-0.4, -0.2) is 23.4 Å². The van der Waals surface area contributed by atoms with Gasteiger partial charge in [-0.1, -0.05) is 13.0 Å². The number of anilines is 2. The highest BCUT2D eigenvalue weighted by atomic mass is 16.5. The van der Waals surface area contributed by atoms with E-state index in [0.29, 0.717) is 22.9 Å². The molecule has 6 nitrogen and oxygen atoms in total. The van der Waals surface area contributed by atoms with Crippen molar-refractivity contribution in [1.29, 1.82) is 5.26 Å². The lowest BCUT2D eigenvalue weighted by molar-refractivity contribution is 0.414. The van der Waals surface area contributed by atoms with E-state index in [0.717, 1.165) is 18.7 Å². The summed E-state index contributed by atoms with van der Waals surface area (Å²) in [4.78, 5) is 0. The summed E-state index contributed by atoms with van der Waals surface area (Å²) in [5, 5.41) is 16.7. The first-order valence-electron chi connectivity index (χ1n) is 6.38. The van der Waals surface area contributed by atoms with Crippen molar-refractivity contribution in [2.75, 3.05) is 24.7 Å². The molecular formula is C14H17N5O. The van der Waals surface area contributed by atoms with Crippen LogP contribution < -0.4 is 15.8 Å². The maximum Gasteiger partial charge on any atom is 0.168 e. The molecular weight excluding hydrogens is 254 g/mol. The second-order valence-electron chi connectivity index (χ2n) is 4.26. The lowest BCUT2D eigenvalue weighted by Crippen LogP contribution is -2.03. The molecule has 0 spiro atoms. The van der Waals surface area contributed by atoms with E-state index in [1.165, 1.54) is 0 Å². The highest BCUT2D eigenvalue weighted by Crippen LogP contribution is 2.25. The van der Waals surface area contributed by atoms with Gasteiger partial charge in [0.05, 0.1) is 12.8 Å². The number of aromatic nitrogens is 2. The van der Waals surface area contributed by atoms with E-state index in [-0.39, 0.29) is 0 Å². The van der Waals surface area contributed by atoms with Crippen molar-refractivity contribution >= 4 is 11.6 Å². The molecule has 0 amide bonds. The van der Waals surface area contributed by atoms with Gasteiger partial charge < -0.3 is 15.8 Å². The summed E-state index contributed by atoms with van der Waals surface area (Å²) in [6, 6.07) is 9.45. The van der Waals surface area contributed by atoms with Crippen LogP contribution >= 0.6 is 0 Å². The van der Waals surface area contributed by atoms with Crippen LogP contribution in [-0.2, 0) is 0 Å². The summed E-state index contributed by atoms with van der Waals surface area (Å²) < 4.78 is 6.72. The number of nitrogens with one attached hydrogen (secondary N) is 1. The minimum Gasteiger partial charge on any atom is -0.497 e. The molecule has 0 bridgehead atoms. The molecule has 0 aliphatic carbocycles. The first kappa shape index (κ1) is 13.7. The van der Waals surface area contributed by atoms with Crippen molar-refractivity contribution in [2.24, 2.45) is 0 Å². The molecule has 0 radical (unpaired) electrons. The van der Waals surface area contributed by atoms with Crippen LogP contribution in [0.1, 0.15) is 18.9 Å². The number of ether oxygens (including phenoxy) is 1. The topological polar surface area (TPSA) is 88.9 Å². The molecule has 1 heterocycles. The summed E-state index contributed by atoms with van der Waals surface area (Å²) >= 11 is 0. The molecule has 1 aromatic heterocycles. The summed E-state index contributed by atoms with van der Waals surface area (Å²) in [5.41, 5.74) is 7.12. The average molecular weight is 271 g/mol. The van der Waals surface area contributed by atoms with Crippen molar-refractivity contribution in [3.05, 3.63) is 29.8 Å². The van der Waals surface area contributed by atoms with E-state index in [1.54, 1.807) is 11.8 Å². The van der Waals surface area contributed by atoms with Crippen LogP contribution in [0.3, 0.4) is 0 Å². The molecule has 2 aromatic rings. The maximum absolute atomic E-state index is 9.21. The zero-order chi connectivity index (χ0) is 14.5. The number of hydrogen-bond donors (Lipinski definition) is 2. The second-order valence-corrected chi connectivity index (χ2v) is 4.26. The summed E-state index contributed by atoms with van der Waals surface area (Å²) in [7, 11) is 1.60. The predicted molar refractivity (Wildman–Crippen MR) is 78.0 cm³/mol. The third kappa shape index (κ3) is 2.52. The Morgan fingerprint density at radius 2 is 2.30 bits per heavy atom. The van der Waals surface area contributed by atoms with Gasteiger partial charge in [0.2, 0.25) is 0 Å². The van der Waals surface area contributed by atoms with Crippen molar-refractivity contribution in [1.82, 2.24) is 9.78 Å². The Labute approximate surface area is 117 Å². The van der Waals surface area contributed by atoms with Crippen LogP contribution in [0, 0.1) is 11.3 Å². The molecule has 0 fully saturated rings. The highest BCUT2D eigenvalue weighted by Gasteiger charge is 2.16. The van der Waals surface area contributed by atoms with Crippen LogP contribution in [0.25, 0.3) is 5.69 Å². The van der Waals surface area contributed by atoms with Gasteiger partial charge >= 0.3 is 0 Å². The van der Waals surface area contributed by atoms with Gasteiger partial charge in [-0.3, -0.25) is 0 Å². The number of methoxy groups -OCH3 is 1. The molecule has 0 aliphatic rings. The van der Waals surface area contributed by atoms with E-state index in [4.69, 9.17) is 10.5 Å². The van der Waals surface area contributed by atoms with Gasteiger partial charge in [-0.2, -0.15) is 5.26 Å². The molecule has 3 N–H and O–H groups in total.